The standard InChI is InChI=1S/C14H14N2O2/c1-3-8-17-9-12-15-13-10-6-4-5-7-11(10)18-14(13)16(12)2/h3-7H,1,8-9H2,2H3. The lowest BCUT2D eigenvalue weighted by Crippen LogP contribution is -2.01. The molecule has 0 aliphatic rings. The van der Waals surface area contributed by atoms with Gasteiger partial charge in [0.05, 0.1) is 6.61 Å². The predicted molar refractivity (Wildman–Crippen MR) is 70.3 cm³/mol. The molecule has 0 aliphatic carbocycles. The third-order valence-electron chi connectivity index (χ3n) is 2.95. The molecule has 0 aliphatic heterocycles. The average Bonchev–Trinajstić information content (AvgIpc) is 2.89. The van der Waals surface area contributed by atoms with E-state index in [9.17, 15) is 0 Å². The molecule has 2 aromatic heterocycles. The summed E-state index contributed by atoms with van der Waals surface area (Å²) in [6.07, 6.45) is 1.72. The predicted octanol–water partition coefficient (Wildman–Crippen LogP) is 3.02. The zero-order valence-electron chi connectivity index (χ0n) is 10.2. The van der Waals surface area contributed by atoms with E-state index >= 15 is 0 Å². The van der Waals surface area contributed by atoms with Gasteiger partial charge in [0.25, 0.3) is 0 Å². The Hall–Kier alpha value is -2.07. The molecule has 3 aromatic rings. The van der Waals surface area contributed by atoms with E-state index in [0.29, 0.717) is 13.2 Å². The minimum absolute atomic E-state index is 0.459. The molecule has 0 N–H and O–H groups in total. The zero-order chi connectivity index (χ0) is 12.5. The van der Waals surface area contributed by atoms with Gasteiger partial charge in [-0.25, -0.2) is 4.98 Å². The summed E-state index contributed by atoms with van der Waals surface area (Å²) < 4.78 is 13.1. The van der Waals surface area contributed by atoms with E-state index in [1.807, 2.05) is 35.9 Å². The van der Waals surface area contributed by atoms with Crippen molar-refractivity contribution in [2.75, 3.05) is 6.61 Å². The Labute approximate surface area is 104 Å². The summed E-state index contributed by atoms with van der Waals surface area (Å²) in [5.74, 6) is 0.858. The topological polar surface area (TPSA) is 40.2 Å². The number of hydrogen-bond acceptors (Lipinski definition) is 3. The summed E-state index contributed by atoms with van der Waals surface area (Å²) in [7, 11) is 1.93. The van der Waals surface area contributed by atoms with Gasteiger partial charge in [-0.1, -0.05) is 18.2 Å². The number of aryl methyl sites for hydroxylation is 1. The van der Waals surface area contributed by atoms with E-state index in [0.717, 1.165) is 28.0 Å². The number of benzene rings is 1. The molecule has 0 bridgehead atoms. The highest BCUT2D eigenvalue weighted by Crippen LogP contribution is 2.28. The van der Waals surface area contributed by atoms with Crippen LogP contribution in [0.4, 0.5) is 0 Å². The number of imidazole rings is 1. The van der Waals surface area contributed by atoms with Crippen LogP contribution in [0, 0.1) is 0 Å². The number of furan rings is 1. The van der Waals surface area contributed by atoms with Crippen molar-refractivity contribution < 1.29 is 9.15 Å². The van der Waals surface area contributed by atoms with Crippen molar-refractivity contribution in [3.05, 3.63) is 42.7 Å². The molecule has 4 nitrogen and oxygen atoms in total. The van der Waals surface area contributed by atoms with Gasteiger partial charge in [0.1, 0.15) is 23.5 Å². The average molecular weight is 242 g/mol. The van der Waals surface area contributed by atoms with Gasteiger partial charge in [-0.2, -0.15) is 0 Å². The maximum absolute atomic E-state index is 5.79. The third kappa shape index (κ3) is 1.62. The summed E-state index contributed by atoms with van der Waals surface area (Å²) >= 11 is 0. The Morgan fingerprint density at radius 2 is 2.28 bits per heavy atom. The van der Waals surface area contributed by atoms with Crippen LogP contribution in [0.2, 0.25) is 0 Å². The van der Waals surface area contributed by atoms with Crippen molar-refractivity contribution in [1.82, 2.24) is 9.55 Å². The fourth-order valence-corrected chi connectivity index (χ4v) is 2.04. The van der Waals surface area contributed by atoms with Gasteiger partial charge in [0, 0.05) is 12.4 Å². The molecular weight excluding hydrogens is 228 g/mol. The fraction of sp³-hybridized carbons (Fsp3) is 0.214. The molecule has 0 saturated heterocycles. The quantitative estimate of drug-likeness (QED) is 0.521. The van der Waals surface area contributed by atoms with Crippen molar-refractivity contribution in [2.24, 2.45) is 7.05 Å². The van der Waals surface area contributed by atoms with Crippen LogP contribution in [0.1, 0.15) is 5.82 Å². The van der Waals surface area contributed by atoms with E-state index in [1.165, 1.54) is 0 Å². The Balaban J connectivity index is 2.08. The SMILES string of the molecule is C=CCOCc1nc2c3ccccc3oc2n1C. The first kappa shape index (κ1) is 11.0. The van der Waals surface area contributed by atoms with Gasteiger partial charge in [-0.15, -0.1) is 6.58 Å². The van der Waals surface area contributed by atoms with Gasteiger partial charge >= 0.3 is 0 Å². The molecule has 0 saturated carbocycles. The van der Waals surface area contributed by atoms with Crippen LogP contribution >= 0.6 is 0 Å². The molecule has 92 valence electrons. The largest absolute Gasteiger partial charge is 0.438 e. The van der Waals surface area contributed by atoms with Crippen LogP contribution in [0.5, 0.6) is 0 Å². The second kappa shape index (κ2) is 4.31. The first-order valence-electron chi connectivity index (χ1n) is 5.82. The first-order chi connectivity index (χ1) is 8.81. The maximum Gasteiger partial charge on any atom is 0.227 e. The molecule has 0 unspecified atom stereocenters. The molecule has 0 spiro atoms. The van der Waals surface area contributed by atoms with E-state index in [-0.39, 0.29) is 0 Å². The third-order valence-corrected chi connectivity index (χ3v) is 2.95. The van der Waals surface area contributed by atoms with Gasteiger partial charge in [-0.3, -0.25) is 4.57 Å². The van der Waals surface area contributed by atoms with E-state index in [4.69, 9.17) is 9.15 Å². The molecule has 0 radical (unpaired) electrons. The number of ether oxygens (including phenoxy) is 1. The minimum Gasteiger partial charge on any atom is -0.438 e. The van der Waals surface area contributed by atoms with Crippen LogP contribution in [0.3, 0.4) is 0 Å². The summed E-state index contributed by atoms with van der Waals surface area (Å²) in [4.78, 5) is 4.58. The molecule has 0 atom stereocenters. The van der Waals surface area contributed by atoms with Crippen molar-refractivity contribution in [1.29, 1.82) is 0 Å². The molecule has 0 fully saturated rings. The Bertz CT molecular complexity index is 709. The summed E-state index contributed by atoms with van der Waals surface area (Å²) in [5.41, 5.74) is 2.54. The summed E-state index contributed by atoms with van der Waals surface area (Å²) in [6.45, 7) is 4.60. The normalized spacial score (nSPS) is 11.4. The van der Waals surface area contributed by atoms with Crippen molar-refractivity contribution in [2.45, 2.75) is 6.61 Å². The Morgan fingerprint density at radius 3 is 3.11 bits per heavy atom. The number of fused-ring (bicyclic) bond motifs is 3. The number of nitrogens with zero attached hydrogens (tertiary/aromatic N) is 2. The van der Waals surface area contributed by atoms with Crippen LogP contribution in [-0.2, 0) is 18.4 Å². The molecule has 4 heteroatoms. The maximum atomic E-state index is 5.79. The molecule has 2 heterocycles. The summed E-state index contributed by atoms with van der Waals surface area (Å²) in [6, 6.07) is 7.91. The van der Waals surface area contributed by atoms with Gasteiger partial charge in [0.15, 0.2) is 0 Å². The van der Waals surface area contributed by atoms with Gasteiger partial charge in [-0.05, 0) is 12.1 Å². The highest BCUT2D eigenvalue weighted by atomic mass is 16.5. The van der Waals surface area contributed by atoms with Crippen LogP contribution in [-0.4, -0.2) is 16.2 Å². The molecule has 0 amide bonds. The minimum atomic E-state index is 0.459. The van der Waals surface area contributed by atoms with Crippen molar-refractivity contribution >= 4 is 22.2 Å². The monoisotopic (exact) mass is 242 g/mol. The molecule has 1 aromatic carbocycles. The van der Waals surface area contributed by atoms with E-state index < -0.39 is 0 Å². The van der Waals surface area contributed by atoms with E-state index in [2.05, 4.69) is 11.6 Å². The molecular formula is C14H14N2O2. The highest BCUT2D eigenvalue weighted by molar-refractivity contribution is 6.01. The van der Waals surface area contributed by atoms with Crippen LogP contribution < -0.4 is 0 Å². The lowest BCUT2D eigenvalue weighted by molar-refractivity contribution is 0.141. The smallest absolute Gasteiger partial charge is 0.227 e. The van der Waals surface area contributed by atoms with Gasteiger partial charge in [0.2, 0.25) is 5.71 Å². The summed E-state index contributed by atoms with van der Waals surface area (Å²) in [5, 5.41) is 1.04. The second-order valence-electron chi connectivity index (χ2n) is 4.14. The number of aromatic nitrogens is 2. The zero-order valence-corrected chi connectivity index (χ0v) is 10.2. The number of rotatable bonds is 4. The van der Waals surface area contributed by atoms with E-state index in [1.54, 1.807) is 6.08 Å². The van der Waals surface area contributed by atoms with Gasteiger partial charge < -0.3 is 9.15 Å². The van der Waals surface area contributed by atoms with Crippen LogP contribution in [0.15, 0.2) is 41.3 Å². The number of para-hydroxylation sites is 1. The second-order valence-corrected chi connectivity index (χ2v) is 4.14. The van der Waals surface area contributed by atoms with Crippen LogP contribution in [0.25, 0.3) is 22.2 Å². The first-order valence-corrected chi connectivity index (χ1v) is 5.82. The lowest BCUT2D eigenvalue weighted by Gasteiger charge is -2.01. The highest BCUT2D eigenvalue weighted by Gasteiger charge is 2.15. The fourth-order valence-electron chi connectivity index (χ4n) is 2.04. The Kier molecular flexibility index (Phi) is 2.64. The van der Waals surface area contributed by atoms with Crippen molar-refractivity contribution in [3.8, 4) is 0 Å². The van der Waals surface area contributed by atoms with Crippen molar-refractivity contribution in [3.63, 3.8) is 0 Å². The number of hydrogen-bond donors (Lipinski definition) is 0. The lowest BCUT2D eigenvalue weighted by atomic mass is 10.2. The molecule has 18 heavy (non-hydrogen) atoms. The Morgan fingerprint density at radius 1 is 1.44 bits per heavy atom. The molecule has 3 rings (SSSR count).